The van der Waals surface area contributed by atoms with Gasteiger partial charge in [-0.1, -0.05) is 6.07 Å². The fraction of sp³-hybridized carbons (Fsp3) is 0.571. The number of rotatable bonds is 4. The summed E-state index contributed by atoms with van der Waals surface area (Å²) in [5, 5.41) is 12.3. The van der Waals surface area contributed by atoms with Crippen molar-refractivity contribution in [3.8, 4) is 0 Å². The Morgan fingerprint density at radius 1 is 1.47 bits per heavy atom. The Morgan fingerprint density at radius 2 is 2.29 bits per heavy atom. The highest BCUT2D eigenvalue weighted by molar-refractivity contribution is 5.51. The average Bonchev–Trinajstić information content (AvgIpc) is 2.80. The van der Waals surface area contributed by atoms with Crippen molar-refractivity contribution in [2.45, 2.75) is 19.9 Å². The minimum Gasteiger partial charge on any atom is -0.396 e. The van der Waals surface area contributed by atoms with Crippen LogP contribution in [-0.4, -0.2) is 31.9 Å². The van der Waals surface area contributed by atoms with Gasteiger partial charge in [0.1, 0.15) is 0 Å². The second kappa shape index (κ2) is 5.52. The maximum Gasteiger partial charge on any atom is 0.0476 e. The third-order valence-corrected chi connectivity index (χ3v) is 3.60. The van der Waals surface area contributed by atoms with Crippen LogP contribution < -0.4 is 10.2 Å². The molecule has 1 aromatic carbocycles. The van der Waals surface area contributed by atoms with Crippen molar-refractivity contribution < 1.29 is 5.11 Å². The fourth-order valence-electron chi connectivity index (χ4n) is 2.48. The summed E-state index contributed by atoms with van der Waals surface area (Å²) < 4.78 is 0. The van der Waals surface area contributed by atoms with Crippen LogP contribution in [-0.2, 0) is 6.54 Å². The van der Waals surface area contributed by atoms with Crippen LogP contribution in [0.4, 0.5) is 5.69 Å². The van der Waals surface area contributed by atoms with Crippen molar-refractivity contribution in [1.82, 2.24) is 5.32 Å². The van der Waals surface area contributed by atoms with Gasteiger partial charge in [0.05, 0.1) is 0 Å². The molecule has 0 spiro atoms. The monoisotopic (exact) mass is 234 g/mol. The molecule has 0 radical (unpaired) electrons. The molecule has 0 bridgehead atoms. The van der Waals surface area contributed by atoms with E-state index in [1.165, 1.54) is 16.8 Å². The van der Waals surface area contributed by atoms with Gasteiger partial charge in [-0.05, 0) is 43.7 Å². The van der Waals surface area contributed by atoms with E-state index >= 15 is 0 Å². The SMILES string of the molecule is CNCc1ccc(N2CCC(CO)C2)cc1C. The fourth-order valence-corrected chi connectivity index (χ4v) is 2.48. The molecule has 1 saturated heterocycles. The van der Waals surface area contributed by atoms with Crippen molar-refractivity contribution in [1.29, 1.82) is 0 Å². The lowest BCUT2D eigenvalue weighted by Crippen LogP contribution is -2.20. The van der Waals surface area contributed by atoms with E-state index in [4.69, 9.17) is 5.11 Å². The van der Waals surface area contributed by atoms with Gasteiger partial charge in [0.2, 0.25) is 0 Å². The largest absolute Gasteiger partial charge is 0.396 e. The second-order valence-electron chi connectivity index (χ2n) is 4.92. The smallest absolute Gasteiger partial charge is 0.0476 e. The van der Waals surface area contributed by atoms with Gasteiger partial charge in [-0.15, -0.1) is 0 Å². The molecule has 1 heterocycles. The van der Waals surface area contributed by atoms with Crippen molar-refractivity contribution in [3.05, 3.63) is 29.3 Å². The Balaban J connectivity index is 2.09. The van der Waals surface area contributed by atoms with Crippen molar-refractivity contribution >= 4 is 5.69 Å². The number of hydrogen-bond acceptors (Lipinski definition) is 3. The molecule has 17 heavy (non-hydrogen) atoms. The van der Waals surface area contributed by atoms with Crippen molar-refractivity contribution in [2.75, 3.05) is 31.6 Å². The molecule has 3 nitrogen and oxygen atoms in total. The summed E-state index contributed by atoms with van der Waals surface area (Å²) in [6, 6.07) is 6.65. The van der Waals surface area contributed by atoms with E-state index in [1.54, 1.807) is 0 Å². The highest BCUT2D eigenvalue weighted by Crippen LogP contribution is 2.25. The van der Waals surface area contributed by atoms with Crippen LogP contribution in [0.3, 0.4) is 0 Å². The van der Waals surface area contributed by atoms with E-state index in [9.17, 15) is 0 Å². The van der Waals surface area contributed by atoms with Crippen LogP contribution in [0.25, 0.3) is 0 Å². The molecule has 1 fully saturated rings. The van der Waals surface area contributed by atoms with Gasteiger partial charge in [0.25, 0.3) is 0 Å². The molecular formula is C14H22N2O. The predicted octanol–water partition coefficient (Wildman–Crippen LogP) is 1.53. The van der Waals surface area contributed by atoms with Gasteiger partial charge in [-0.3, -0.25) is 0 Å². The first-order valence-electron chi connectivity index (χ1n) is 6.34. The number of aliphatic hydroxyl groups excluding tert-OH is 1. The molecule has 2 rings (SSSR count). The van der Waals surface area contributed by atoms with Crippen LogP contribution in [0.5, 0.6) is 0 Å². The molecule has 0 amide bonds. The highest BCUT2D eigenvalue weighted by Gasteiger charge is 2.21. The Labute approximate surface area is 103 Å². The van der Waals surface area contributed by atoms with Crippen LogP contribution in [0.2, 0.25) is 0 Å². The molecule has 1 aliphatic rings. The molecule has 0 aromatic heterocycles. The maximum atomic E-state index is 9.16. The van der Waals surface area contributed by atoms with Gasteiger partial charge < -0.3 is 15.3 Å². The number of nitrogens with zero attached hydrogens (tertiary/aromatic N) is 1. The number of anilines is 1. The number of hydrogen-bond donors (Lipinski definition) is 2. The maximum absolute atomic E-state index is 9.16. The normalized spacial score (nSPS) is 19.9. The summed E-state index contributed by atoms with van der Waals surface area (Å²) in [5.41, 5.74) is 3.98. The van der Waals surface area contributed by atoms with Gasteiger partial charge in [-0.25, -0.2) is 0 Å². The average molecular weight is 234 g/mol. The molecular weight excluding hydrogens is 212 g/mol. The third kappa shape index (κ3) is 2.79. The zero-order valence-corrected chi connectivity index (χ0v) is 10.7. The Bertz CT molecular complexity index is 378. The van der Waals surface area contributed by atoms with Gasteiger partial charge in [0, 0.05) is 37.8 Å². The van der Waals surface area contributed by atoms with E-state index in [2.05, 4.69) is 35.3 Å². The summed E-state index contributed by atoms with van der Waals surface area (Å²) in [6.07, 6.45) is 1.10. The first kappa shape index (κ1) is 12.4. The summed E-state index contributed by atoms with van der Waals surface area (Å²) >= 11 is 0. The van der Waals surface area contributed by atoms with Crippen molar-refractivity contribution in [3.63, 3.8) is 0 Å². The molecule has 0 aliphatic carbocycles. The quantitative estimate of drug-likeness (QED) is 0.829. The lowest BCUT2D eigenvalue weighted by Gasteiger charge is -2.20. The van der Waals surface area contributed by atoms with E-state index in [0.717, 1.165) is 26.1 Å². The molecule has 1 aliphatic heterocycles. The number of benzene rings is 1. The second-order valence-corrected chi connectivity index (χ2v) is 4.92. The topological polar surface area (TPSA) is 35.5 Å². The lowest BCUT2D eigenvalue weighted by molar-refractivity contribution is 0.238. The summed E-state index contributed by atoms with van der Waals surface area (Å²) in [5.74, 6) is 0.451. The van der Waals surface area contributed by atoms with Crippen LogP contribution in [0.15, 0.2) is 18.2 Å². The van der Waals surface area contributed by atoms with Gasteiger partial charge in [-0.2, -0.15) is 0 Å². The minimum absolute atomic E-state index is 0.313. The zero-order chi connectivity index (χ0) is 12.3. The lowest BCUT2D eigenvalue weighted by atomic mass is 10.1. The van der Waals surface area contributed by atoms with Crippen LogP contribution in [0.1, 0.15) is 17.5 Å². The molecule has 2 N–H and O–H groups in total. The minimum atomic E-state index is 0.313. The number of aryl methyl sites for hydroxylation is 1. The number of aliphatic hydroxyl groups is 1. The van der Waals surface area contributed by atoms with E-state index in [1.807, 2.05) is 7.05 Å². The summed E-state index contributed by atoms with van der Waals surface area (Å²) in [4.78, 5) is 2.37. The van der Waals surface area contributed by atoms with E-state index in [0.29, 0.717) is 12.5 Å². The standard InChI is InChI=1S/C14H22N2O/c1-11-7-14(4-3-13(11)8-15-2)16-6-5-12(9-16)10-17/h3-4,7,12,15,17H,5-6,8-10H2,1-2H3. The van der Waals surface area contributed by atoms with Crippen LogP contribution in [0, 0.1) is 12.8 Å². The molecule has 94 valence electrons. The highest BCUT2D eigenvalue weighted by atomic mass is 16.3. The first-order chi connectivity index (χ1) is 8.24. The Kier molecular flexibility index (Phi) is 4.02. The molecule has 1 aromatic rings. The van der Waals surface area contributed by atoms with Gasteiger partial charge in [0.15, 0.2) is 0 Å². The predicted molar refractivity (Wildman–Crippen MR) is 71.3 cm³/mol. The zero-order valence-electron chi connectivity index (χ0n) is 10.7. The molecule has 1 atom stereocenters. The summed E-state index contributed by atoms with van der Waals surface area (Å²) in [6.45, 7) is 5.45. The Morgan fingerprint density at radius 3 is 2.88 bits per heavy atom. The van der Waals surface area contributed by atoms with Crippen LogP contribution >= 0.6 is 0 Å². The molecule has 0 saturated carbocycles. The van der Waals surface area contributed by atoms with E-state index in [-0.39, 0.29) is 0 Å². The van der Waals surface area contributed by atoms with Gasteiger partial charge >= 0.3 is 0 Å². The molecule has 3 heteroatoms. The van der Waals surface area contributed by atoms with E-state index < -0.39 is 0 Å². The first-order valence-corrected chi connectivity index (χ1v) is 6.34. The number of nitrogens with one attached hydrogen (secondary N) is 1. The Hall–Kier alpha value is -1.06. The molecule has 1 unspecified atom stereocenters. The summed E-state index contributed by atoms with van der Waals surface area (Å²) in [7, 11) is 1.97. The third-order valence-electron chi connectivity index (χ3n) is 3.60. The van der Waals surface area contributed by atoms with Crippen molar-refractivity contribution in [2.24, 2.45) is 5.92 Å².